The predicted molar refractivity (Wildman–Crippen MR) is 77.4 cm³/mol. The van der Waals surface area contributed by atoms with Crippen LogP contribution in [0.1, 0.15) is 18.3 Å². The highest BCUT2D eigenvalue weighted by Crippen LogP contribution is 2.24. The Morgan fingerprint density at radius 2 is 2.05 bits per heavy atom. The molecule has 1 aliphatic heterocycles. The fraction of sp³-hybridized carbons (Fsp3) is 0.643. The topological polar surface area (TPSA) is 90.5 Å². The SMILES string of the molecule is COC(=O)C1CN(C(=O)Cn2nc(C)c(N)c2C)CC1C. The minimum absolute atomic E-state index is 0.0566. The van der Waals surface area contributed by atoms with E-state index in [0.29, 0.717) is 18.8 Å². The lowest BCUT2D eigenvalue weighted by Gasteiger charge is -2.16. The Morgan fingerprint density at radius 1 is 1.38 bits per heavy atom. The molecule has 1 amide bonds. The number of carbonyl (C=O) groups excluding carboxylic acids is 2. The van der Waals surface area contributed by atoms with Crippen LogP contribution in [0.5, 0.6) is 0 Å². The zero-order valence-electron chi connectivity index (χ0n) is 12.9. The quantitative estimate of drug-likeness (QED) is 0.812. The maximum atomic E-state index is 12.4. The summed E-state index contributed by atoms with van der Waals surface area (Å²) in [5.41, 5.74) is 7.99. The van der Waals surface area contributed by atoms with Crippen LogP contribution in [0.3, 0.4) is 0 Å². The molecule has 1 aromatic heterocycles. The molecule has 1 aliphatic rings. The van der Waals surface area contributed by atoms with Gasteiger partial charge in [0.1, 0.15) is 6.54 Å². The van der Waals surface area contributed by atoms with Crippen molar-refractivity contribution in [2.24, 2.45) is 11.8 Å². The van der Waals surface area contributed by atoms with Gasteiger partial charge in [-0.3, -0.25) is 14.3 Å². The normalized spacial score (nSPS) is 21.6. The highest BCUT2D eigenvalue weighted by atomic mass is 16.5. The largest absolute Gasteiger partial charge is 0.469 e. The Kier molecular flexibility index (Phi) is 4.20. The number of methoxy groups -OCH3 is 1. The van der Waals surface area contributed by atoms with Crippen molar-refractivity contribution < 1.29 is 14.3 Å². The van der Waals surface area contributed by atoms with Crippen molar-refractivity contribution in [2.75, 3.05) is 25.9 Å². The second kappa shape index (κ2) is 5.75. The van der Waals surface area contributed by atoms with E-state index in [1.54, 1.807) is 9.58 Å². The van der Waals surface area contributed by atoms with Crippen LogP contribution in [0.2, 0.25) is 0 Å². The van der Waals surface area contributed by atoms with Gasteiger partial charge in [0.05, 0.1) is 30.1 Å². The van der Waals surface area contributed by atoms with Crippen LogP contribution >= 0.6 is 0 Å². The second-order valence-electron chi connectivity index (χ2n) is 5.65. The Morgan fingerprint density at radius 3 is 2.57 bits per heavy atom. The summed E-state index contributed by atoms with van der Waals surface area (Å²) in [4.78, 5) is 25.7. The van der Waals surface area contributed by atoms with Crippen LogP contribution in [0, 0.1) is 25.7 Å². The number of nitrogen functional groups attached to an aromatic ring is 1. The van der Waals surface area contributed by atoms with Gasteiger partial charge in [-0.05, 0) is 19.8 Å². The first-order valence-electron chi connectivity index (χ1n) is 7.00. The van der Waals surface area contributed by atoms with Gasteiger partial charge in [-0.2, -0.15) is 5.10 Å². The average Bonchev–Trinajstić information content (AvgIpc) is 2.95. The van der Waals surface area contributed by atoms with Gasteiger partial charge in [0.25, 0.3) is 0 Å². The molecule has 0 radical (unpaired) electrons. The molecule has 2 rings (SSSR count). The summed E-state index contributed by atoms with van der Waals surface area (Å²) in [6.07, 6.45) is 0. The van der Waals surface area contributed by atoms with Crippen molar-refractivity contribution in [3.63, 3.8) is 0 Å². The molecule has 2 N–H and O–H groups in total. The Labute approximate surface area is 124 Å². The maximum absolute atomic E-state index is 12.4. The molecule has 2 heterocycles. The van der Waals surface area contributed by atoms with E-state index in [0.717, 1.165) is 11.4 Å². The zero-order valence-corrected chi connectivity index (χ0v) is 12.9. The van der Waals surface area contributed by atoms with Gasteiger partial charge in [-0.15, -0.1) is 0 Å². The Bertz CT molecular complexity index is 567. The number of aryl methyl sites for hydroxylation is 1. The summed E-state index contributed by atoms with van der Waals surface area (Å²) in [6.45, 7) is 6.72. The molecule has 21 heavy (non-hydrogen) atoms. The molecule has 7 nitrogen and oxygen atoms in total. The van der Waals surface area contributed by atoms with Gasteiger partial charge in [-0.25, -0.2) is 0 Å². The number of nitrogens with two attached hydrogens (primary N) is 1. The van der Waals surface area contributed by atoms with Crippen molar-refractivity contribution in [2.45, 2.75) is 27.3 Å². The molecule has 1 aromatic rings. The first-order chi connectivity index (χ1) is 9.85. The van der Waals surface area contributed by atoms with Crippen molar-refractivity contribution in [1.29, 1.82) is 0 Å². The molecule has 1 saturated heterocycles. The Hall–Kier alpha value is -2.05. The van der Waals surface area contributed by atoms with Crippen molar-refractivity contribution >= 4 is 17.6 Å². The maximum Gasteiger partial charge on any atom is 0.310 e. The molecule has 7 heteroatoms. The van der Waals surface area contributed by atoms with Crippen molar-refractivity contribution in [1.82, 2.24) is 14.7 Å². The fourth-order valence-electron chi connectivity index (χ4n) is 2.72. The molecule has 0 bridgehead atoms. The van der Waals surface area contributed by atoms with Crippen LogP contribution in [0.25, 0.3) is 0 Å². The lowest BCUT2D eigenvalue weighted by molar-refractivity contribution is -0.146. The molecule has 1 fully saturated rings. The number of likely N-dealkylation sites (tertiary alicyclic amines) is 1. The first kappa shape index (κ1) is 15.3. The molecular weight excluding hydrogens is 272 g/mol. The summed E-state index contributed by atoms with van der Waals surface area (Å²) in [7, 11) is 1.37. The van der Waals surface area contributed by atoms with Crippen LogP contribution in [0.4, 0.5) is 5.69 Å². The van der Waals surface area contributed by atoms with E-state index in [4.69, 9.17) is 10.5 Å². The van der Waals surface area contributed by atoms with Crippen LogP contribution < -0.4 is 5.73 Å². The van der Waals surface area contributed by atoms with Gasteiger partial charge in [-0.1, -0.05) is 6.92 Å². The summed E-state index contributed by atoms with van der Waals surface area (Å²) in [5.74, 6) is -0.455. The molecule has 0 aliphatic carbocycles. The summed E-state index contributed by atoms with van der Waals surface area (Å²) in [6, 6.07) is 0. The zero-order chi connectivity index (χ0) is 15.7. The van der Waals surface area contributed by atoms with Crippen molar-refractivity contribution in [3.05, 3.63) is 11.4 Å². The van der Waals surface area contributed by atoms with E-state index in [9.17, 15) is 9.59 Å². The van der Waals surface area contributed by atoms with E-state index >= 15 is 0 Å². The Balaban J connectivity index is 2.05. The fourth-order valence-corrected chi connectivity index (χ4v) is 2.72. The predicted octanol–water partition coefficient (Wildman–Crippen LogP) is 0.350. The number of hydrogen-bond acceptors (Lipinski definition) is 5. The average molecular weight is 294 g/mol. The highest BCUT2D eigenvalue weighted by molar-refractivity contribution is 5.79. The molecule has 2 unspecified atom stereocenters. The first-order valence-corrected chi connectivity index (χ1v) is 7.00. The lowest BCUT2D eigenvalue weighted by Crippen LogP contribution is -2.33. The smallest absolute Gasteiger partial charge is 0.310 e. The van der Waals surface area contributed by atoms with Crippen LogP contribution in [-0.4, -0.2) is 46.8 Å². The van der Waals surface area contributed by atoms with E-state index < -0.39 is 0 Å². The second-order valence-corrected chi connectivity index (χ2v) is 5.65. The number of ether oxygens (including phenoxy) is 1. The third-order valence-corrected chi connectivity index (χ3v) is 4.19. The van der Waals surface area contributed by atoms with E-state index in [2.05, 4.69) is 5.10 Å². The summed E-state index contributed by atoms with van der Waals surface area (Å²) >= 11 is 0. The minimum Gasteiger partial charge on any atom is -0.469 e. The summed E-state index contributed by atoms with van der Waals surface area (Å²) in [5, 5.41) is 4.26. The molecule has 0 spiro atoms. The van der Waals surface area contributed by atoms with Gasteiger partial charge in [0.2, 0.25) is 5.91 Å². The monoisotopic (exact) mass is 294 g/mol. The third-order valence-electron chi connectivity index (χ3n) is 4.19. The molecule has 116 valence electrons. The third kappa shape index (κ3) is 2.86. The number of aromatic nitrogens is 2. The van der Waals surface area contributed by atoms with Crippen LogP contribution in [0.15, 0.2) is 0 Å². The molecule has 2 atom stereocenters. The highest BCUT2D eigenvalue weighted by Gasteiger charge is 2.37. The molecular formula is C14H22N4O3. The summed E-state index contributed by atoms with van der Waals surface area (Å²) < 4.78 is 6.39. The number of rotatable bonds is 3. The van der Waals surface area contributed by atoms with Gasteiger partial charge >= 0.3 is 5.97 Å². The molecule has 0 aromatic carbocycles. The number of nitrogens with zero attached hydrogens (tertiary/aromatic N) is 3. The van der Waals surface area contributed by atoms with Gasteiger partial charge in [0, 0.05) is 13.1 Å². The number of carbonyl (C=O) groups is 2. The van der Waals surface area contributed by atoms with Gasteiger partial charge < -0.3 is 15.4 Å². The number of anilines is 1. The van der Waals surface area contributed by atoms with Gasteiger partial charge in [0.15, 0.2) is 0 Å². The standard InChI is InChI=1S/C14H22N4O3/c1-8-5-17(6-11(8)14(20)21-4)12(19)7-18-10(3)13(15)9(2)16-18/h8,11H,5-7,15H2,1-4H3. The number of hydrogen-bond donors (Lipinski definition) is 1. The number of esters is 1. The van der Waals surface area contributed by atoms with E-state index in [1.165, 1.54) is 7.11 Å². The van der Waals surface area contributed by atoms with Crippen LogP contribution in [-0.2, 0) is 20.9 Å². The molecule has 0 saturated carbocycles. The van der Waals surface area contributed by atoms with E-state index in [-0.39, 0.29) is 30.3 Å². The minimum atomic E-state index is -0.256. The number of amides is 1. The van der Waals surface area contributed by atoms with E-state index in [1.807, 2.05) is 20.8 Å². The van der Waals surface area contributed by atoms with Crippen molar-refractivity contribution in [3.8, 4) is 0 Å². The lowest BCUT2D eigenvalue weighted by atomic mass is 9.99.